The van der Waals surface area contributed by atoms with Crippen LogP contribution in [-0.4, -0.2) is 41.3 Å². The van der Waals surface area contributed by atoms with Crippen LogP contribution >= 0.6 is 11.6 Å². The summed E-state index contributed by atoms with van der Waals surface area (Å²) in [5, 5.41) is 9.02. The number of esters is 2. The van der Waals surface area contributed by atoms with Crippen molar-refractivity contribution in [2.24, 2.45) is 11.7 Å². The molecule has 0 aliphatic heterocycles. The highest BCUT2D eigenvalue weighted by Crippen LogP contribution is 2.42. The van der Waals surface area contributed by atoms with Gasteiger partial charge >= 0.3 is 17.9 Å². The third-order valence-electron chi connectivity index (χ3n) is 3.71. The average Bonchev–Trinajstić information content (AvgIpc) is 3.28. The molecule has 3 atom stereocenters. The summed E-state index contributed by atoms with van der Waals surface area (Å²) in [5.74, 6) is -2.05. The molecule has 0 unspecified atom stereocenters. The van der Waals surface area contributed by atoms with Gasteiger partial charge in [0.1, 0.15) is 5.54 Å². The first-order valence-corrected chi connectivity index (χ1v) is 8.31. The van der Waals surface area contributed by atoms with Gasteiger partial charge < -0.3 is 20.3 Å². The van der Waals surface area contributed by atoms with Crippen molar-refractivity contribution in [3.05, 3.63) is 47.5 Å². The smallest absolute Gasteiger partial charge is 0.344 e. The van der Waals surface area contributed by atoms with E-state index in [9.17, 15) is 14.4 Å². The largest absolute Gasteiger partial charge is 0.479 e. The summed E-state index contributed by atoms with van der Waals surface area (Å²) < 4.78 is 9.45. The number of ether oxygens (including phenoxy) is 2. The molecule has 1 saturated carbocycles. The minimum absolute atomic E-state index is 0.113. The van der Waals surface area contributed by atoms with Crippen LogP contribution in [0.25, 0.3) is 0 Å². The number of carbonyl (C=O) groups excluding carboxylic acids is 2. The van der Waals surface area contributed by atoms with Gasteiger partial charge in [0.25, 0.3) is 0 Å². The number of carboxylic acid groups (broad SMARTS) is 1. The number of nitrogens with two attached hydrogens (primary N) is 1. The summed E-state index contributed by atoms with van der Waals surface area (Å²) in [7, 11) is 0. The molecule has 7 nitrogen and oxygen atoms in total. The van der Waals surface area contributed by atoms with Crippen LogP contribution in [0.1, 0.15) is 30.6 Å². The molecule has 142 valence electrons. The first-order valence-electron chi connectivity index (χ1n) is 7.93. The summed E-state index contributed by atoms with van der Waals surface area (Å²) in [6.45, 7) is 7.02. The molecule has 2 rings (SSSR count). The highest BCUT2D eigenvalue weighted by atomic mass is 35.5. The zero-order chi connectivity index (χ0) is 19.9. The maximum absolute atomic E-state index is 11.3. The molecule has 26 heavy (non-hydrogen) atoms. The van der Waals surface area contributed by atoms with E-state index in [1.807, 2.05) is 0 Å². The maximum atomic E-state index is 11.3. The lowest BCUT2D eigenvalue weighted by molar-refractivity contribution is -0.146. The second-order valence-electron chi connectivity index (χ2n) is 5.70. The van der Waals surface area contributed by atoms with Gasteiger partial charge in [0, 0.05) is 10.9 Å². The standard InChI is InChI=1S/C10H9ClO4.C8H13NO2/c1-6(9(12)13)15-10(14)7-2-4-8(11)5-3-7;1-3-6-5-8(6,9)7(10)11-4-2/h2-6H,1H3,(H,12,13);3,6H,1,4-5,9H2,2H3/t6-;6-,8-/m01/s1. The SMILES string of the molecule is C=C[C@@H]1C[C@]1(N)C(=O)OCC.C[C@H](OC(=O)c1ccc(Cl)cc1)C(=O)O. The van der Waals surface area contributed by atoms with Gasteiger partial charge in [-0.05, 0) is 44.5 Å². The van der Waals surface area contributed by atoms with Crippen molar-refractivity contribution in [1.29, 1.82) is 0 Å². The second kappa shape index (κ2) is 9.35. The number of carbonyl (C=O) groups is 3. The number of rotatable bonds is 6. The Labute approximate surface area is 156 Å². The fourth-order valence-electron chi connectivity index (χ4n) is 1.96. The van der Waals surface area contributed by atoms with Crippen LogP contribution in [0.2, 0.25) is 5.02 Å². The van der Waals surface area contributed by atoms with E-state index in [1.54, 1.807) is 13.0 Å². The van der Waals surface area contributed by atoms with E-state index in [1.165, 1.54) is 31.2 Å². The lowest BCUT2D eigenvalue weighted by Crippen LogP contribution is -2.36. The van der Waals surface area contributed by atoms with Crippen LogP contribution in [0.5, 0.6) is 0 Å². The summed E-state index contributed by atoms with van der Waals surface area (Å²) >= 11 is 5.63. The van der Waals surface area contributed by atoms with E-state index in [0.29, 0.717) is 18.1 Å². The Kier molecular flexibility index (Phi) is 7.79. The number of hydrogen-bond donors (Lipinski definition) is 2. The predicted octanol–water partition coefficient (Wildman–Crippen LogP) is 2.42. The monoisotopic (exact) mass is 383 g/mol. The Hall–Kier alpha value is -2.38. The van der Waals surface area contributed by atoms with E-state index in [2.05, 4.69) is 11.3 Å². The maximum Gasteiger partial charge on any atom is 0.344 e. The first kappa shape index (κ1) is 21.7. The minimum Gasteiger partial charge on any atom is -0.479 e. The van der Waals surface area contributed by atoms with Crippen LogP contribution in [0.4, 0.5) is 0 Å². The van der Waals surface area contributed by atoms with Crippen molar-refractivity contribution in [3.63, 3.8) is 0 Å². The van der Waals surface area contributed by atoms with Crippen molar-refractivity contribution in [2.75, 3.05) is 6.61 Å². The molecule has 1 aliphatic rings. The molecular weight excluding hydrogens is 362 g/mol. The fraction of sp³-hybridized carbons (Fsp3) is 0.389. The predicted molar refractivity (Wildman–Crippen MR) is 95.8 cm³/mol. The van der Waals surface area contributed by atoms with Crippen molar-refractivity contribution >= 4 is 29.5 Å². The Morgan fingerprint density at radius 1 is 1.42 bits per heavy atom. The van der Waals surface area contributed by atoms with Gasteiger partial charge in [-0.25, -0.2) is 9.59 Å². The molecule has 1 fully saturated rings. The highest BCUT2D eigenvalue weighted by Gasteiger charge is 2.56. The van der Waals surface area contributed by atoms with Crippen LogP contribution in [-0.2, 0) is 19.1 Å². The Morgan fingerprint density at radius 3 is 2.42 bits per heavy atom. The molecule has 0 aromatic heterocycles. The first-order chi connectivity index (χ1) is 12.2. The van der Waals surface area contributed by atoms with Gasteiger partial charge in [0.05, 0.1) is 12.2 Å². The Bertz CT molecular complexity index is 675. The van der Waals surface area contributed by atoms with Gasteiger partial charge in [0.15, 0.2) is 6.10 Å². The second-order valence-corrected chi connectivity index (χ2v) is 6.14. The summed E-state index contributed by atoms with van der Waals surface area (Å²) in [6.07, 6.45) is 1.22. The van der Waals surface area contributed by atoms with Gasteiger partial charge in [-0.15, -0.1) is 6.58 Å². The molecule has 1 aliphatic carbocycles. The number of aliphatic carboxylic acids is 1. The van der Waals surface area contributed by atoms with Crippen LogP contribution in [0.15, 0.2) is 36.9 Å². The molecule has 0 radical (unpaired) electrons. The van der Waals surface area contributed by atoms with E-state index < -0.39 is 23.6 Å². The summed E-state index contributed by atoms with van der Waals surface area (Å²) in [5.41, 5.74) is 5.20. The van der Waals surface area contributed by atoms with Gasteiger partial charge in [-0.2, -0.15) is 0 Å². The molecule has 3 N–H and O–H groups in total. The zero-order valence-electron chi connectivity index (χ0n) is 14.6. The number of hydrogen-bond acceptors (Lipinski definition) is 6. The molecule has 1 aromatic rings. The van der Waals surface area contributed by atoms with Crippen LogP contribution in [0, 0.1) is 5.92 Å². The molecule has 1 aromatic carbocycles. The highest BCUT2D eigenvalue weighted by molar-refractivity contribution is 6.30. The number of carboxylic acids is 1. The van der Waals surface area contributed by atoms with Crippen molar-refractivity contribution in [3.8, 4) is 0 Å². The van der Waals surface area contributed by atoms with Gasteiger partial charge in [-0.3, -0.25) is 4.79 Å². The third kappa shape index (κ3) is 5.86. The molecule has 0 heterocycles. The normalized spacial score (nSPS) is 21.5. The Morgan fingerprint density at radius 2 is 2.00 bits per heavy atom. The minimum atomic E-state index is -1.18. The summed E-state index contributed by atoms with van der Waals surface area (Å²) in [4.78, 5) is 32.9. The molecule has 8 heteroatoms. The van der Waals surface area contributed by atoms with Gasteiger partial charge in [-0.1, -0.05) is 17.7 Å². The fourth-order valence-corrected chi connectivity index (χ4v) is 2.09. The molecule has 0 bridgehead atoms. The van der Waals surface area contributed by atoms with Crippen LogP contribution in [0.3, 0.4) is 0 Å². The van der Waals surface area contributed by atoms with Crippen molar-refractivity contribution in [1.82, 2.24) is 0 Å². The van der Waals surface area contributed by atoms with Crippen LogP contribution < -0.4 is 5.73 Å². The quantitative estimate of drug-likeness (QED) is 0.572. The van der Waals surface area contributed by atoms with E-state index in [0.717, 1.165) is 0 Å². The number of benzene rings is 1. The molecule has 0 spiro atoms. The number of halogens is 1. The van der Waals surface area contributed by atoms with E-state index in [-0.39, 0.29) is 17.5 Å². The Balaban J connectivity index is 0.000000273. The molecule has 0 amide bonds. The van der Waals surface area contributed by atoms with E-state index in [4.69, 9.17) is 27.2 Å². The third-order valence-corrected chi connectivity index (χ3v) is 3.96. The topological polar surface area (TPSA) is 116 Å². The van der Waals surface area contributed by atoms with Gasteiger partial charge in [0.2, 0.25) is 0 Å². The average molecular weight is 384 g/mol. The molecule has 0 saturated heterocycles. The van der Waals surface area contributed by atoms with E-state index >= 15 is 0 Å². The summed E-state index contributed by atoms with van der Waals surface area (Å²) in [6, 6.07) is 6.01. The lowest BCUT2D eigenvalue weighted by Gasteiger charge is -2.08. The van der Waals surface area contributed by atoms with Crippen molar-refractivity contribution in [2.45, 2.75) is 31.9 Å². The molecular formula is C18H22ClNO6. The lowest BCUT2D eigenvalue weighted by atomic mass is 10.2. The zero-order valence-corrected chi connectivity index (χ0v) is 15.4. The van der Waals surface area contributed by atoms with Crippen molar-refractivity contribution < 1.29 is 29.0 Å².